The molecule has 20 heavy (non-hydrogen) atoms. The fourth-order valence-electron chi connectivity index (χ4n) is 2.63. The summed E-state index contributed by atoms with van der Waals surface area (Å²) in [5.74, 6) is 0.300. The third kappa shape index (κ3) is 2.81. The Morgan fingerprint density at radius 2 is 2.15 bits per heavy atom. The molecule has 2 fully saturated rings. The molecule has 0 spiro atoms. The van der Waals surface area contributed by atoms with E-state index in [2.05, 4.69) is 15.6 Å². The quantitative estimate of drug-likeness (QED) is 0.808. The van der Waals surface area contributed by atoms with Crippen LogP contribution in [0.3, 0.4) is 0 Å². The van der Waals surface area contributed by atoms with Crippen LogP contribution in [0, 0.1) is 5.92 Å². The first kappa shape index (κ1) is 13.1. The number of amides is 2. The van der Waals surface area contributed by atoms with Crippen molar-refractivity contribution in [2.75, 3.05) is 13.1 Å². The molecule has 2 heterocycles. The number of nitrogens with one attached hydrogen (secondary N) is 1. The van der Waals surface area contributed by atoms with Crippen molar-refractivity contribution >= 4 is 11.8 Å². The molecule has 0 bridgehead atoms. The maximum absolute atomic E-state index is 12.2. The minimum atomic E-state index is -0.279. The number of aromatic nitrogens is 3. The fourth-order valence-corrected chi connectivity index (χ4v) is 2.63. The molecule has 1 saturated heterocycles. The monoisotopic (exact) mass is 277 g/mol. The largest absolute Gasteiger partial charge is 0.352 e. The standard InChI is InChI=1S/C13H19N5O2/c19-12(14-5-8-17-9-6-15-16-17)11-2-1-7-18(11)13(20)10-3-4-10/h6,9-11H,1-5,7-8H2,(H,14,19)/t11-/m0/s1. The summed E-state index contributed by atoms with van der Waals surface area (Å²) in [7, 11) is 0. The molecule has 1 aromatic rings. The lowest BCUT2D eigenvalue weighted by Crippen LogP contribution is -2.47. The van der Waals surface area contributed by atoms with Crippen molar-refractivity contribution in [3.63, 3.8) is 0 Å². The highest BCUT2D eigenvalue weighted by Crippen LogP contribution is 2.33. The molecule has 1 atom stereocenters. The fraction of sp³-hybridized carbons (Fsp3) is 0.692. The molecule has 108 valence electrons. The van der Waals surface area contributed by atoms with Crippen LogP contribution in [-0.2, 0) is 16.1 Å². The Hall–Kier alpha value is -1.92. The molecule has 0 aromatic carbocycles. The van der Waals surface area contributed by atoms with Gasteiger partial charge in [0.15, 0.2) is 0 Å². The summed E-state index contributed by atoms with van der Waals surface area (Å²) in [5.41, 5.74) is 0. The summed E-state index contributed by atoms with van der Waals surface area (Å²) in [6.45, 7) is 1.82. The van der Waals surface area contributed by atoms with E-state index in [9.17, 15) is 9.59 Å². The van der Waals surface area contributed by atoms with Crippen molar-refractivity contribution in [2.45, 2.75) is 38.3 Å². The second kappa shape index (κ2) is 5.60. The summed E-state index contributed by atoms with van der Waals surface area (Å²) < 4.78 is 1.67. The van der Waals surface area contributed by atoms with Crippen LogP contribution in [-0.4, -0.2) is 50.8 Å². The molecule has 1 aliphatic carbocycles. The molecule has 1 aliphatic heterocycles. The molecule has 7 heteroatoms. The lowest BCUT2D eigenvalue weighted by Gasteiger charge is -2.24. The van der Waals surface area contributed by atoms with Gasteiger partial charge in [0.05, 0.1) is 12.7 Å². The van der Waals surface area contributed by atoms with Gasteiger partial charge in [-0.3, -0.25) is 14.3 Å². The second-order valence-electron chi connectivity index (χ2n) is 5.42. The van der Waals surface area contributed by atoms with Crippen molar-refractivity contribution in [3.8, 4) is 0 Å². The SMILES string of the molecule is O=C(NCCn1ccnn1)[C@@H]1CCCN1C(=O)C1CC1. The minimum Gasteiger partial charge on any atom is -0.352 e. The van der Waals surface area contributed by atoms with E-state index in [0.29, 0.717) is 13.1 Å². The van der Waals surface area contributed by atoms with E-state index in [1.807, 2.05) is 0 Å². The van der Waals surface area contributed by atoms with Gasteiger partial charge in [-0.15, -0.1) is 5.10 Å². The summed E-state index contributed by atoms with van der Waals surface area (Å²) in [6, 6.07) is -0.279. The summed E-state index contributed by atoms with van der Waals surface area (Å²) in [6.07, 6.45) is 7.01. The normalized spacial score (nSPS) is 22.0. The highest BCUT2D eigenvalue weighted by Gasteiger charge is 2.40. The Morgan fingerprint density at radius 1 is 1.30 bits per heavy atom. The number of rotatable bonds is 5. The summed E-state index contributed by atoms with van der Waals surface area (Å²) in [4.78, 5) is 26.1. The van der Waals surface area contributed by atoms with Gasteiger partial charge in [-0.2, -0.15) is 0 Å². The zero-order valence-corrected chi connectivity index (χ0v) is 11.4. The Bertz CT molecular complexity index is 483. The van der Waals surface area contributed by atoms with Crippen LogP contribution in [0.15, 0.2) is 12.4 Å². The van der Waals surface area contributed by atoms with Crippen molar-refractivity contribution in [1.82, 2.24) is 25.2 Å². The molecule has 1 saturated carbocycles. The van der Waals surface area contributed by atoms with Crippen molar-refractivity contribution in [2.24, 2.45) is 5.92 Å². The predicted octanol–water partition coefficient (Wildman–Crippen LogP) is -0.205. The van der Waals surface area contributed by atoms with E-state index in [-0.39, 0.29) is 23.8 Å². The van der Waals surface area contributed by atoms with Gasteiger partial charge in [-0.1, -0.05) is 5.21 Å². The van der Waals surface area contributed by atoms with Crippen LogP contribution in [0.25, 0.3) is 0 Å². The number of likely N-dealkylation sites (tertiary alicyclic amines) is 1. The van der Waals surface area contributed by atoms with Crippen LogP contribution < -0.4 is 5.32 Å². The lowest BCUT2D eigenvalue weighted by molar-refractivity contribution is -0.139. The highest BCUT2D eigenvalue weighted by molar-refractivity contribution is 5.89. The summed E-state index contributed by atoms with van der Waals surface area (Å²) in [5, 5.41) is 10.4. The molecule has 2 amide bonds. The number of hydrogen-bond donors (Lipinski definition) is 1. The number of nitrogens with zero attached hydrogens (tertiary/aromatic N) is 4. The van der Waals surface area contributed by atoms with Gasteiger partial charge in [0.1, 0.15) is 6.04 Å². The molecular formula is C13H19N5O2. The number of carbonyl (C=O) groups excluding carboxylic acids is 2. The summed E-state index contributed by atoms with van der Waals surface area (Å²) >= 11 is 0. The van der Waals surface area contributed by atoms with Gasteiger partial charge in [0, 0.05) is 25.2 Å². The molecule has 0 unspecified atom stereocenters. The van der Waals surface area contributed by atoms with E-state index in [4.69, 9.17) is 0 Å². The van der Waals surface area contributed by atoms with Crippen molar-refractivity contribution in [3.05, 3.63) is 12.4 Å². The zero-order chi connectivity index (χ0) is 13.9. The first-order chi connectivity index (χ1) is 9.75. The Morgan fingerprint density at radius 3 is 2.85 bits per heavy atom. The number of carbonyl (C=O) groups is 2. The molecule has 2 aliphatic rings. The van der Waals surface area contributed by atoms with E-state index in [1.54, 1.807) is 22.0 Å². The van der Waals surface area contributed by atoms with E-state index in [1.165, 1.54) is 0 Å². The average molecular weight is 277 g/mol. The van der Waals surface area contributed by atoms with Gasteiger partial charge < -0.3 is 10.2 Å². The first-order valence-electron chi connectivity index (χ1n) is 7.18. The molecular weight excluding hydrogens is 258 g/mol. The highest BCUT2D eigenvalue weighted by atomic mass is 16.2. The Labute approximate surface area is 117 Å². The van der Waals surface area contributed by atoms with Crippen LogP contribution in [0.4, 0.5) is 0 Å². The van der Waals surface area contributed by atoms with Gasteiger partial charge in [0.2, 0.25) is 11.8 Å². The second-order valence-corrected chi connectivity index (χ2v) is 5.42. The van der Waals surface area contributed by atoms with Gasteiger partial charge in [-0.05, 0) is 25.7 Å². The zero-order valence-electron chi connectivity index (χ0n) is 11.4. The first-order valence-corrected chi connectivity index (χ1v) is 7.18. The van der Waals surface area contributed by atoms with Crippen molar-refractivity contribution in [1.29, 1.82) is 0 Å². The van der Waals surface area contributed by atoms with Gasteiger partial charge >= 0.3 is 0 Å². The van der Waals surface area contributed by atoms with Crippen LogP contribution in [0.1, 0.15) is 25.7 Å². The lowest BCUT2D eigenvalue weighted by atomic mass is 10.2. The molecule has 7 nitrogen and oxygen atoms in total. The Kier molecular flexibility index (Phi) is 3.66. The van der Waals surface area contributed by atoms with Gasteiger partial charge in [-0.25, -0.2) is 0 Å². The maximum atomic E-state index is 12.2. The van der Waals surface area contributed by atoms with Gasteiger partial charge in [0.25, 0.3) is 0 Å². The van der Waals surface area contributed by atoms with Crippen LogP contribution in [0.2, 0.25) is 0 Å². The molecule has 1 N–H and O–H groups in total. The van der Waals surface area contributed by atoms with Crippen LogP contribution >= 0.6 is 0 Å². The van der Waals surface area contributed by atoms with E-state index < -0.39 is 0 Å². The minimum absolute atomic E-state index is 0.0448. The predicted molar refractivity (Wildman–Crippen MR) is 70.5 cm³/mol. The number of hydrogen-bond acceptors (Lipinski definition) is 4. The average Bonchev–Trinajstić information content (AvgIpc) is 2.97. The Balaban J connectivity index is 1.49. The maximum Gasteiger partial charge on any atom is 0.242 e. The topological polar surface area (TPSA) is 80.1 Å². The molecule has 1 aromatic heterocycles. The third-order valence-electron chi connectivity index (χ3n) is 3.88. The molecule has 0 radical (unpaired) electrons. The third-order valence-corrected chi connectivity index (χ3v) is 3.88. The molecule has 3 rings (SSSR count). The van der Waals surface area contributed by atoms with Crippen LogP contribution in [0.5, 0.6) is 0 Å². The van der Waals surface area contributed by atoms with E-state index in [0.717, 1.165) is 32.2 Å². The van der Waals surface area contributed by atoms with Crippen molar-refractivity contribution < 1.29 is 9.59 Å². The van der Waals surface area contributed by atoms with E-state index >= 15 is 0 Å². The smallest absolute Gasteiger partial charge is 0.242 e.